The lowest BCUT2D eigenvalue weighted by molar-refractivity contribution is 0.240. The number of hydrogen-bond acceptors (Lipinski definition) is 3. The fourth-order valence-electron chi connectivity index (χ4n) is 2.96. The van der Waals surface area contributed by atoms with Crippen molar-refractivity contribution in [3.05, 3.63) is 17.5 Å². The van der Waals surface area contributed by atoms with Gasteiger partial charge in [0.15, 0.2) is 9.84 Å². The Labute approximate surface area is 130 Å². The van der Waals surface area contributed by atoms with Crippen LogP contribution in [0.5, 0.6) is 0 Å². The third-order valence-electron chi connectivity index (χ3n) is 4.26. The molecule has 0 aliphatic carbocycles. The molecular formula is C13H20Cl2N2O2S. The number of hydrogen-bond donors (Lipinski definition) is 0. The van der Waals surface area contributed by atoms with Gasteiger partial charge in [0.1, 0.15) is 0 Å². The van der Waals surface area contributed by atoms with Gasteiger partial charge in [0.25, 0.3) is 0 Å². The number of aryl methyl sites for hydroxylation is 2. The zero-order valence-corrected chi connectivity index (χ0v) is 14.1. The maximum absolute atomic E-state index is 11.7. The van der Waals surface area contributed by atoms with E-state index in [1.165, 1.54) is 0 Å². The molecule has 0 amide bonds. The van der Waals surface area contributed by atoms with E-state index in [-0.39, 0.29) is 22.8 Å². The first-order chi connectivity index (χ1) is 9.32. The number of halogens is 2. The highest BCUT2D eigenvalue weighted by molar-refractivity contribution is 7.91. The number of alkyl halides is 2. The van der Waals surface area contributed by atoms with E-state index >= 15 is 0 Å². The van der Waals surface area contributed by atoms with Gasteiger partial charge in [0.05, 0.1) is 17.2 Å². The molecule has 0 radical (unpaired) electrons. The molecule has 1 saturated heterocycles. The lowest BCUT2D eigenvalue weighted by atomic mass is 9.74. The quantitative estimate of drug-likeness (QED) is 0.773. The average molecular weight is 339 g/mol. The van der Waals surface area contributed by atoms with Crippen molar-refractivity contribution in [1.82, 2.24) is 9.78 Å². The number of nitrogens with zero attached hydrogens (tertiary/aromatic N) is 2. The van der Waals surface area contributed by atoms with Gasteiger partial charge in [-0.05, 0) is 31.7 Å². The maximum Gasteiger partial charge on any atom is 0.150 e. The van der Waals surface area contributed by atoms with Crippen molar-refractivity contribution in [2.24, 2.45) is 18.4 Å². The van der Waals surface area contributed by atoms with E-state index in [2.05, 4.69) is 5.10 Å². The maximum atomic E-state index is 11.7. The van der Waals surface area contributed by atoms with Crippen LogP contribution >= 0.6 is 23.2 Å². The lowest BCUT2D eigenvalue weighted by Crippen LogP contribution is -2.38. The Morgan fingerprint density at radius 1 is 1.45 bits per heavy atom. The molecule has 0 aromatic carbocycles. The van der Waals surface area contributed by atoms with Gasteiger partial charge in [0.2, 0.25) is 0 Å². The molecule has 1 aliphatic rings. The van der Waals surface area contributed by atoms with Gasteiger partial charge in [-0.3, -0.25) is 4.68 Å². The van der Waals surface area contributed by atoms with Gasteiger partial charge in [-0.2, -0.15) is 5.10 Å². The zero-order valence-electron chi connectivity index (χ0n) is 11.8. The van der Waals surface area contributed by atoms with E-state index < -0.39 is 9.84 Å². The summed E-state index contributed by atoms with van der Waals surface area (Å²) < 4.78 is 25.3. The fourth-order valence-corrected chi connectivity index (χ4v) is 5.82. The van der Waals surface area contributed by atoms with Crippen LogP contribution < -0.4 is 0 Å². The number of aromatic nitrogens is 2. The van der Waals surface area contributed by atoms with E-state index in [9.17, 15) is 8.42 Å². The average Bonchev–Trinajstić information content (AvgIpc) is 2.89. The summed E-state index contributed by atoms with van der Waals surface area (Å²) in [7, 11) is -1.05. The summed E-state index contributed by atoms with van der Waals surface area (Å²) in [4.78, 5) is 0. The molecule has 1 aromatic rings. The largest absolute Gasteiger partial charge is 0.272 e. The highest BCUT2D eigenvalue weighted by Crippen LogP contribution is 2.41. The normalized spacial score (nSPS) is 22.3. The second-order valence-electron chi connectivity index (χ2n) is 5.81. The number of sulfone groups is 1. The van der Waals surface area contributed by atoms with Crippen molar-refractivity contribution in [3.8, 4) is 0 Å². The van der Waals surface area contributed by atoms with Crippen molar-refractivity contribution in [2.75, 3.05) is 23.3 Å². The summed E-state index contributed by atoms with van der Waals surface area (Å²) in [6.07, 6.45) is 1.32. The second-order valence-corrected chi connectivity index (χ2v) is 8.57. The highest BCUT2D eigenvalue weighted by Gasteiger charge is 2.44. The van der Waals surface area contributed by atoms with Crippen LogP contribution in [0.2, 0.25) is 0 Å². The third-order valence-corrected chi connectivity index (χ3v) is 7.10. The van der Waals surface area contributed by atoms with Gasteiger partial charge < -0.3 is 0 Å². The minimum absolute atomic E-state index is 0.0257. The van der Waals surface area contributed by atoms with Gasteiger partial charge in [-0.15, -0.1) is 23.2 Å². The minimum Gasteiger partial charge on any atom is -0.272 e. The molecule has 0 spiro atoms. The van der Waals surface area contributed by atoms with E-state index in [1.807, 2.05) is 24.7 Å². The summed E-state index contributed by atoms with van der Waals surface area (Å²) in [6.45, 7) is 1.94. The molecular weight excluding hydrogens is 319 g/mol. The topological polar surface area (TPSA) is 52.0 Å². The second kappa shape index (κ2) is 5.85. The Hall–Kier alpha value is -0.260. The predicted octanol–water partition coefficient (Wildman–Crippen LogP) is 2.17. The Morgan fingerprint density at radius 2 is 2.10 bits per heavy atom. The molecule has 1 fully saturated rings. The van der Waals surface area contributed by atoms with Crippen molar-refractivity contribution < 1.29 is 8.42 Å². The van der Waals surface area contributed by atoms with Crippen molar-refractivity contribution >= 4 is 33.0 Å². The summed E-state index contributed by atoms with van der Waals surface area (Å²) in [5, 5.41) is 4.33. The molecule has 114 valence electrons. The summed E-state index contributed by atoms with van der Waals surface area (Å²) >= 11 is 12.4. The molecule has 0 N–H and O–H groups in total. The Bertz CT molecular complexity index is 579. The molecule has 1 aliphatic heterocycles. The SMILES string of the molecule is Cc1cc(CC(CCl)(CCl)C2CCS(=O)(=O)C2)n(C)n1. The third kappa shape index (κ3) is 3.15. The summed E-state index contributed by atoms with van der Waals surface area (Å²) in [5.74, 6) is 1.20. The summed E-state index contributed by atoms with van der Waals surface area (Å²) in [5.41, 5.74) is 1.61. The van der Waals surface area contributed by atoms with Crippen LogP contribution in [0.15, 0.2) is 6.07 Å². The standard InChI is InChI=1S/C13H20Cl2N2O2S/c1-10-5-12(17(2)16-10)6-13(8-14,9-15)11-3-4-20(18,19)7-11/h5,11H,3-4,6-9H2,1-2H3. The smallest absolute Gasteiger partial charge is 0.150 e. The first kappa shape index (κ1) is 16.1. The van der Waals surface area contributed by atoms with Crippen molar-refractivity contribution in [3.63, 3.8) is 0 Å². The minimum atomic E-state index is -2.94. The molecule has 2 heterocycles. The summed E-state index contributed by atoms with van der Waals surface area (Å²) in [6, 6.07) is 2.01. The van der Waals surface area contributed by atoms with Gasteiger partial charge in [-0.25, -0.2) is 8.42 Å². The van der Waals surface area contributed by atoms with Crippen LogP contribution in [0.1, 0.15) is 17.8 Å². The van der Waals surface area contributed by atoms with Crippen molar-refractivity contribution in [1.29, 1.82) is 0 Å². The van der Waals surface area contributed by atoms with E-state index in [4.69, 9.17) is 23.2 Å². The molecule has 2 rings (SSSR count). The van der Waals surface area contributed by atoms with Gasteiger partial charge in [-0.1, -0.05) is 0 Å². The Balaban J connectivity index is 2.28. The highest BCUT2D eigenvalue weighted by atomic mass is 35.5. The Morgan fingerprint density at radius 3 is 2.50 bits per heavy atom. The Kier molecular flexibility index (Phi) is 4.72. The molecule has 20 heavy (non-hydrogen) atoms. The van der Waals surface area contributed by atoms with E-state index in [0.29, 0.717) is 24.6 Å². The predicted molar refractivity (Wildman–Crippen MR) is 82.3 cm³/mol. The molecule has 1 unspecified atom stereocenters. The van der Waals surface area contributed by atoms with Crippen LogP contribution in [-0.4, -0.2) is 41.5 Å². The van der Waals surface area contributed by atoms with Crippen LogP contribution in [0, 0.1) is 18.3 Å². The fraction of sp³-hybridized carbons (Fsp3) is 0.769. The molecule has 1 atom stereocenters. The van der Waals surface area contributed by atoms with Crippen LogP contribution in [0.4, 0.5) is 0 Å². The van der Waals surface area contributed by atoms with Crippen molar-refractivity contribution in [2.45, 2.75) is 19.8 Å². The monoisotopic (exact) mass is 338 g/mol. The first-order valence-electron chi connectivity index (χ1n) is 6.64. The zero-order chi connectivity index (χ0) is 15.0. The van der Waals surface area contributed by atoms with Crippen LogP contribution in [0.25, 0.3) is 0 Å². The van der Waals surface area contributed by atoms with Gasteiger partial charge in [0, 0.05) is 29.9 Å². The van der Waals surface area contributed by atoms with Gasteiger partial charge >= 0.3 is 0 Å². The molecule has 0 bridgehead atoms. The van der Waals surface area contributed by atoms with E-state index in [0.717, 1.165) is 11.4 Å². The van der Waals surface area contributed by atoms with Crippen LogP contribution in [0.3, 0.4) is 0 Å². The molecule has 4 nitrogen and oxygen atoms in total. The molecule has 0 saturated carbocycles. The lowest BCUT2D eigenvalue weighted by Gasteiger charge is -2.35. The first-order valence-corrected chi connectivity index (χ1v) is 9.53. The molecule has 7 heteroatoms. The van der Waals surface area contributed by atoms with E-state index in [1.54, 1.807) is 0 Å². The van der Waals surface area contributed by atoms with Crippen LogP contribution in [-0.2, 0) is 23.3 Å². The number of rotatable bonds is 5. The molecule has 1 aromatic heterocycles.